The Labute approximate surface area is 176 Å². The van der Waals surface area contributed by atoms with Crippen molar-refractivity contribution in [2.45, 2.75) is 50.2 Å². The van der Waals surface area contributed by atoms with E-state index in [4.69, 9.17) is 19.5 Å². The summed E-state index contributed by atoms with van der Waals surface area (Å²) in [5.41, 5.74) is 0.873. The zero-order valence-corrected chi connectivity index (χ0v) is 18.3. The van der Waals surface area contributed by atoms with Crippen LogP contribution in [-0.4, -0.2) is 41.8 Å². The third kappa shape index (κ3) is 4.61. The molecular formula is C21H28N4O3S. The van der Waals surface area contributed by atoms with E-state index in [1.807, 2.05) is 19.1 Å². The second-order valence-corrected chi connectivity index (χ2v) is 8.21. The molecule has 0 bridgehead atoms. The first-order valence-corrected chi connectivity index (χ1v) is 10.9. The van der Waals surface area contributed by atoms with Gasteiger partial charge >= 0.3 is 0 Å². The van der Waals surface area contributed by atoms with Gasteiger partial charge in [-0.05, 0) is 31.9 Å². The molecule has 8 heteroatoms. The number of hydrogen-bond donors (Lipinski definition) is 0. The normalized spacial score (nSPS) is 15.6. The van der Waals surface area contributed by atoms with Gasteiger partial charge in [0.1, 0.15) is 0 Å². The molecule has 1 heterocycles. The van der Waals surface area contributed by atoms with Gasteiger partial charge in [0.15, 0.2) is 22.5 Å². The number of nitriles is 1. The Morgan fingerprint density at radius 1 is 1.10 bits per heavy atom. The van der Waals surface area contributed by atoms with Crippen LogP contribution >= 0.6 is 11.8 Å². The molecule has 156 valence electrons. The fourth-order valence-corrected chi connectivity index (χ4v) is 4.63. The Kier molecular flexibility index (Phi) is 7.26. The highest BCUT2D eigenvalue weighted by atomic mass is 32.2. The van der Waals surface area contributed by atoms with E-state index in [0.717, 1.165) is 29.4 Å². The maximum atomic E-state index is 9.13. The van der Waals surface area contributed by atoms with Crippen LogP contribution in [0, 0.1) is 17.2 Å². The molecule has 1 aliphatic rings. The first kappa shape index (κ1) is 21.3. The van der Waals surface area contributed by atoms with Crippen LogP contribution in [0.25, 0.3) is 11.4 Å². The summed E-state index contributed by atoms with van der Waals surface area (Å²) < 4.78 is 18.7. The van der Waals surface area contributed by atoms with Gasteiger partial charge < -0.3 is 14.2 Å². The molecule has 3 rings (SSSR count). The zero-order chi connectivity index (χ0) is 20.8. The molecular weight excluding hydrogens is 388 g/mol. The molecule has 1 saturated carbocycles. The smallest absolute Gasteiger partial charge is 0.203 e. The average Bonchev–Trinajstić information content (AvgIpc) is 3.20. The number of methoxy groups -OCH3 is 3. The fourth-order valence-electron chi connectivity index (χ4n) is 3.69. The number of hydrogen-bond acceptors (Lipinski definition) is 7. The number of nitrogens with zero attached hydrogens (tertiary/aromatic N) is 4. The summed E-state index contributed by atoms with van der Waals surface area (Å²) >= 11 is 1.60. The Morgan fingerprint density at radius 2 is 1.76 bits per heavy atom. The summed E-state index contributed by atoms with van der Waals surface area (Å²) in [4.78, 5) is 0. The molecule has 1 aromatic carbocycles. The first-order valence-electron chi connectivity index (χ1n) is 9.90. The van der Waals surface area contributed by atoms with Crippen molar-refractivity contribution >= 4 is 11.8 Å². The minimum Gasteiger partial charge on any atom is -0.493 e. The van der Waals surface area contributed by atoms with Crippen LogP contribution < -0.4 is 14.2 Å². The summed E-state index contributed by atoms with van der Waals surface area (Å²) in [5.74, 6) is 3.18. The Bertz CT molecular complexity index is 846. The lowest BCUT2D eigenvalue weighted by Gasteiger charge is -2.26. The maximum absolute atomic E-state index is 9.13. The van der Waals surface area contributed by atoms with Gasteiger partial charge in [-0.3, -0.25) is 4.57 Å². The Morgan fingerprint density at radius 3 is 2.31 bits per heavy atom. The van der Waals surface area contributed by atoms with Crippen molar-refractivity contribution < 1.29 is 14.2 Å². The zero-order valence-electron chi connectivity index (χ0n) is 17.5. The maximum Gasteiger partial charge on any atom is 0.203 e. The van der Waals surface area contributed by atoms with Crippen LogP contribution in [0.1, 0.15) is 45.1 Å². The van der Waals surface area contributed by atoms with E-state index < -0.39 is 0 Å². The van der Waals surface area contributed by atoms with Crippen LogP contribution in [0.5, 0.6) is 17.2 Å². The molecule has 0 spiro atoms. The summed E-state index contributed by atoms with van der Waals surface area (Å²) in [6.07, 6.45) is 5.90. The predicted molar refractivity (Wildman–Crippen MR) is 113 cm³/mol. The quantitative estimate of drug-likeness (QED) is 0.575. The van der Waals surface area contributed by atoms with Gasteiger partial charge in [-0.25, -0.2) is 0 Å². The number of thioether (sulfide) groups is 1. The van der Waals surface area contributed by atoms with E-state index >= 15 is 0 Å². The third-order valence-electron chi connectivity index (χ3n) is 5.21. The van der Waals surface area contributed by atoms with Crippen LogP contribution in [-0.2, 0) is 0 Å². The highest BCUT2D eigenvalue weighted by Crippen LogP contribution is 2.43. The molecule has 0 N–H and O–H groups in total. The monoisotopic (exact) mass is 416 g/mol. The van der Waals surface area contributed by atoms with Crippen LogP contribution in [0.4, 0.5) is 0 Å². The second kappa shape index (κ2) is 9.88. The van der Waals surface area contributed by atoms with Gasteiger partial charge in [-0.15, -0.1) is 10.2 Å². The SMILES string of the molecule is COc1cc(-c2nnc(SC[C@@H](C)C#N)n2C2CCCCC2)cc(OC)c1OC. The topological polar surface area (TPSA) is 82.2 Å². The highest BCUT2D eigenvalue weighted by Gasteiger charge is 2.26. The van der Waals surface area contributed by atoms with Crippen molar-refractivity contribution in [3.8, 4) is 34.7 Å². The number of aromatic nitrogens is 3. The van der Waals surface area contributed by atoms with E-state index in [-0.39, 0.29) is 5.92 Å². The van der Waals surface area contributed by atoms with Gasteiger partial charge in [0.25, 0.3) is 0 Å². The summed E-state index contributed by atoms with van der Waals surface area (Å²) in [6, 6.07) is 6.47. The van der Waals surface area contributed by atoms with Crippen molar-refractivity contribution in [1.29, 1.82) is 5.26 Å². The van der Waals surface area contributed by atoms with Gasteiger partial charge in [0.2, 0.25) is 5.75 Å². The molecule has 1 fully saturated rings. The molecule has 1 atom stereocenters. The third-order valence-corrected chi connectivity index (χ3v) is 6.41. The molecule has 0 unspecified atom stereocenters. The lowest BCUT2D eigenvalue weighted by molar-refractivity contribution is 0.324. The molecule has 7 nitrogen and oxygen atoms in total. The summed E-state index contributed by atoms with van der Waals surface area (Å²) in [6.45, 7) is 1.93. The minimum atomic E-state index is -0.0406. The van der Waals surface area contributed by atoms with Crippen LogP contribution in [0.15, 0.2) is 17.3 Å². The minimum absolute atomic E-state index is 0.0406. The molecule has 1 aliphatic carbocycles. The highest BCUT2D eigenvalue weighted by molar-refractivity contribution is 7.99. The molecule has 0 aliphatic heterocycles. The number of ether oxygens (including phenoxy) is 3. The molecule has 29 heavy (non-hydrogen) atoms. The largest absolute Gasteiger partial charge is 0.493 e. The molecule has 1 aromatic heterocycles. The van der Waals surface area contributed by atoms with E-state index in [0.29, 0.717) is 29.0 Å². The number of rotatable bonds is 8. The van der Waals surface area contributed by atoms with Crippen molar-refractivity contribution in [1.82, 2.24) is 14.8 Å². The van der Waals surface area contributed by atoms with E-state index in [2.05, 4.69) is 20.8 Å². The Balaban J connectivity index is 2.06. The molecule has 0 amide bonds. The fraction of sp³-hybridized carbons (Fsp3) is 0.571. The lowest BCUT2D eigenvalue weighted by Crippen LogP contribution is -2.15. The second-order valence-electron chi connectivity index (χ2n) is 7.22. The van der Waals surface area contributed by atoms with Crippen LogP contribution in [0.2, 0.25) is 0 Å². The van der Waals surface area contributed by atoms with E-state index in [1.54, 1.807) is 33.1 Å². The van der Waals surface area contributed by atoms with Gasteiger partial charge in [0.05, 0.1) is 33.3 Å². The lowest BCUT2D eigenvalue weighted by atomic mass is 9.95. The van der Waals surface area contributed by atoms with Gasteiger partial charge in [-0.1, -0.05) is 31.0 Å². The van der Waals surface area contributed by atoms with Crippen molar-refractivity contribution in [2.75, 3.05) is 27.1 Å². The average molecular weight is 417 g/mol. The molecule has 2 aromatic rings. The summed E-state index contributed by atoms with van der Waals surface area (Å²) in [5, 5.41) is 19.0. The van der Waals surface area contributed by atoms with Gasteiger partial charge in [-0.2, -0.15) is 5.26 Å². The first-order chi connectivity index (χ1) is 14.1. The molecule has 0 radical (unpaired) electrons. The standard InChI is InChI=1S/C21H28N4O3S/c1-14(12-22)13-29-21-24-23-20(25(21)16-8-6-5-7-9-16)15-10-17(26-2)19(28-4)18(11-15)27-3/h10-11,14,16H,5-9,13H2,1-4H3/t14-/m0/s1. The van der Waals surface area contributed by atoms with Crippen LogP contribution in [0.3, 0.4) is 0 Å². The summed E-state index contributed by atoms with van der Waals surface area (Å²) in [7, 11) is 4.81. The van der Waals surface area contributed by atoms with Crippen molar-refractivity contribution in [3.05, 3.63) is 12.1 Å². The Hall–Kier alpha value is -2.40. The predicted octanol–water partition coefficient (Wildman–Crippen LogP) is 4.73. The van der Waals surface area contributed by atoms with Crippen molar-refractivity contribution in [2.24, 2.45) is 5.92 Å². The number of benzene rings is 1. The van der Waals surface area contributed by atoms with E-state index in [1.165, 1.54) is 19.3 Å². The van der Waals surface area contributed by atoms with E-state index in [9.17, 15) is 0 Å². The van der Waals surface area contributed by atoms with Gasteiger partial charge in [0, 0.05) is 17.4 Å². The van der Waals surface area contributed by atoms with Crippen molar-refractivity contribution in [3.63, 3.8) is 0 Å². The molecule has 0 saturated heterocycles.